The van der Waals surface area contributed by atoms with Crippen LogP contribution < -0.4 is 10.5 Å². The van der Waals surface area contributed by atoms with Crippen molar-refractivity contribution < 1.29 is 4.74 Å². The Bertz CT molecular complexity index is 433. The number of methoxy groups -OCH3 is 1. The molecule has 0 amide bonds. The second-order valence-electron chi connectivity index (χ2n) is 6.44. The second-order valence-corrected chi connectivity index (χ2v) is 6.44. The molecule has 1 saturated carbocycles. The summed E-state index contributed by atoms with van der Waals surface area (Å²) in [5.74, 6) is 2.75. The van der Waals surface area contributed by atoms with Crippen LogP contribution in [0.2, 0.25) is 0 Å². The molecule has 0 bridgehead atoms. The van der Waals surface area contributed by atoms with Gasteiger partial charge in [-0.2, -0.15) is 0 Å². The van der Waals surface area contributed by atoms with Crippen molar-refractivity contribution in [2.24, 2.45) is 17.6 Å². The number of rotatable bonds is 4. The third-order valence-corrected chi connectivity index (χ3v) is 5.35. The number of fused-ring (bicyclic) bond motifs is 1. The predicted octanol–water partition coefficient (Wildman–Crippen LogP) is 2.82. The van der Waals surface area contributed by atoms with Crippen molar-refractivity contribution in [3.63, 3.8) is 0 Å². The number of benzene rings is 1. The smallest absolute Gasteiger partial charge is 0.118 e. The maximum atomic E-state index is 6.48. The van der Waals surface area contributed by atoms with Crippen LogP contribution in [0.4, 0.5) is 0 Å². The third-order valence-electron chi connectivity index (χ3n) is 5.35. The molecule has 20 heavy (non-hydrogen) atoms. The lowest BCUT2D eigenvalue weighted by atomic mass is 10.00. The summed E-state index contributed by atoms with van der Waals surface area (Å²) in [5.41, 5.74) is 7.68. The average Bonchev–Trinajstić information content (AvgIpc) is 3.07. The molecule has 1 aromatic rings. The van der Waals surface area contributed by atoms with Gasteiger partial charge >= 0.3 is 0 Å². The summed E-state index contributed by atoms with van der Waals surface area (Å²) in [5, 5.41) is 0. The van der Waals surface area contributed by atoms with Gasteiger partial charge < -0.3 is 10.5 Å². The lowest BCUT2D eigenvalue weighted by Gasteiger charge is -2.30. The molecule has 0 radical (unpaired) electrons. The number of nitrogens with zero attached hydrogens (tertiary/aromatic N) is 1. The van der Waals surface area contributed by atoms with Gasteiger partial charge in [-0.05, 0) is 49.3 Å². The number of hydrogen-bond acceptors (Lipinski definition) is 3. The van der Waals surface area contributed by atoms with Crippen molar-refractivity contribution in [2.45, 2.75) is 38.3 Å². The summed E-state index contributed by atoms with van der Waals surface area (Å²) < 4.78 is 5.21. The summed E-state index contributed by atoms with van der Waals surface area (Å²) in [7, 11) is 1.69. The van der Waals surface area contributed by atoms with Crippen LogP contribution in [0.5, 0.6) is 5.75 Å². The van der Waals surface area contributed by atoms with Gasteiger partial charge in [-0.15, -0.1) is 0 Å². The molecule has 3 nitrogen and oxygen atoms in total. The Kier molecular flexibility index (Phi) is 3.99. The molecule has 3 heteroatoms. The highest BCUT2D eigenvalue weighted by molar-refractivity contribution is 5.29. The quantitative estimate of drug-likeness (QED) is 0.917. The Hall–Kier alpha value is -1.06. The van der Waals surface area contributed by atoms with E-state index in [0.29, 0.717) is 6.04 Å². The van der Waals surface area contributed by atoms with Gasteiger partial charge in [0.2, 0.25) is 0 Å². The molecule has 0 aromatic heterocycles. The molecule has 1 saturated heterocycles. The molecular weight excluding hydrogens is 248 g/mol. The van der Waals surface area contributed by atoms with Gasteiger partial charge in [-0.25, -0.2) is 0 Å². The molecule has 1 aromatic carbocycles. The van der Waals surface area contributed by atoms with Crippen LogP contribution in [0.1, 0.15) is 37.8 Å². The van der Waals surface area contributed by atoms with Gasteiger partial charge in [-0.3, -0.25) is 4.90 Å². The van der Waals surface area contributed by atoms with Crippen molar-refractivity contribution in [3.05, 3.63) is 29.8 Å². The van der Waals surface area contributed by atoms with Crippen LogP contribution in [-0.4, -0.2) is 31.1 Å². The zero-order valence-corrected chi connectivity index (χ0v) is 12.6. The van der Waals surface area contributed by atoms with E-state index < -0.39 is 0 Å². The Labute approximate surface area is 122 Å². The van der Waals surface area contributed by atoms with E-state index in [0.717, 1.165) is 17.6 Å². The van der Waals surface area contributed by atoms with Crippen molar-refractivity contribution in [1.29, 1.82) is 0 Å². The first kappa shape index (κ1) is 13.9. The monoisotopic (exact) mass is 274 g/mol. The number of hydrogen-bond donors (Lipinski definition) is 1. The average molecular weight is 274 g/mol. The molecule has 2 fully saturated rings. The maximum absolute atomic E-state index is 6.48. The van der Waals surface area contributed by atoms with Gasteiger partial charge in [0.15, 0.2) is 0 Å². The standard InChI is InChI=1S/C17H26N2O/c1-12(19-10-14-4-3-5-15(14)11-19)17(18)13-6-8-16(20-2)9-7-13/h6-9,12,14-15,17H,3-5,10-11,18H2,1-2H3. The van der Waals surface area contributed by atoms with E-state index in [-0.39, 0.29) is 6.04 Å². The topological polar surface area (TPSA) is 38.5 Å². The molecule has 2 N–H and O–H groups in total. The zero-order chi connectivity index (χ0) is 14.1. The van der Waals surface area contributed by atoms with Gasteiger partial charge in [0.05, 0.1) is 7.11 Å². The summed E-state index contributed by atoms with van der Waals surface area (Å²) in [6, 6.07) is 8.68. The minimum Gasteiger partial charge on any atom is -0.497 e. The number of ether oxygens (including phenoxy) is 1. The Morgan fingerprint density at radius 2 is 1.75 bits per heavy atom. The fourth-order valence-corrected chi connectivity index (χ4v) is 3.94. The van der Waals surface area contributed by atoms with E-state index >= 15 is 0 Å². The van der Waals surface area contributed by atoms with Gasteiger partial charge in [0.25, 0.3) is 0 Å². The third kappa shape index (κ3) is 2.57. The van der Waals surface area contributed by atoms with Crippen LogP contribution in [0.25, 0.3) is 0 Å². The molecule has 4 unspecified atom stereocenters. The highest BCUT2D eigenvalue weighted by Gasteiger charge is 2.38. The van der Waals surface area contributed by atoms with Crippen LogP contribution in [0, 0.1) is 11.8 Å². The Balaban J connectivity index is 1.65. The molecule has 4 atom stereocenters. The lowest BCUT2D eigenvalue weighted by molar-refractivity contribution is 0.211. The summed E-state index contributed by atoms with van der Waals surface area (Å²) >= 11 is 0. The SMILES string of the molecule is COc1ccc(C(N)C(C)N2CC3CCCC3C2)cc1. The minimum absolute atomic E-state index is 0.0831. The predicted molar refractivity (Wildman–Crippen MR) is 81.8 cm³/mol. The molecule has 1 heterocycles. The second kappa shape index (κ2) is 5.74. The molecule has 110 valence electrons. The van der Waals surface area contributed by atoms with Crippen molar-refractivity contribution in [1.82, 2.24) is 4.90 Å². The van der Waals surface area contributed by atoms with Crippen molar-refractivity contribution in [2.75, 3.05) is 20.2 Å². The highest BCUT2D eigenvalue weighted by Crippen LogP contribution is 2.39. The van der Waals surface area contributed by atoms with E-state index in [1.54, 1.807) is 7.11 Å². The van der Waals surface area contributed by atoms with Crippen LogP contribution in [-0.2, 0) is 0 Å². The first-order valence-electron chi connectivity index (χ1n) is 7.82. The van der Waals surface area contributed by atoms with E-state index in [1.165, 1.54) is 37.9 Å². The van der Waals surface area contributed by atoms with E-state index in [9.17, 15) is 0 Å². The molecular formula is C17H26N2O. The molecule has 1 aliphatic carbocycles. The fourth-order valence-electron chi connectivity index (χ4n) is 3.94. The highest BCUT2D eigenvalue weighted by atomic mass is 16.5. The van der Waals surface area contributed by atoms with E-state index in [1.807, 2.05) is 12.1 Å². The largest absolute Gasteiger partial charge is 0.497 e. The van der Waals surface area contributed by atoms with Crippen LogP contribution in [0.15, 0.2) is 24.3 Å². The first-order chi connectivity index (χ1) is 9.69. The van der Waals surface area contributed by atoms with E-state index in [4.69, 9.17) is 10.5 Å². The lowest BCUT2D eigenvalue weighted by Crippen LogP contribution is -2.39. The number of likely N-dealkylation sites (tertiary alicyclic amines) is 1. The van der Waals surface area contributed by atoms with Gasteiger partial charge in [-0.1, -0.05) is 18.6 Å². The summed E-state index contributed by atoms with van der Waals surface area (Å²) in [6.45, 7) is 4.77. The minimum atomic E-state index is 0.0831. The normalized spacial score (nSPS) is 29.1. The van der Waals surface area contributed by atoms with Gasteiger partial charge in [0.1, 0.15) is 5.75 Å². The molecule has 1 aliphatic heterocycles. The van der Waals surface area contributed by atoms with Gasteiger partial charge in [0, 0.05) is 25.2 Å². The summed E-state index contributed by atoms with van der Waals surface area (Å²) in [4.78, 5) is 2.60. The molecule has 0 spiro atoms. The maximum Gasteiger partial charge on any atom is 0.118 e. The van der Waals surface area contributed by atoms with Crippen molar-refractivity contribution >= 4 is 0 Å². The Morgan fingerprint density at radius 3 is 2.30 bits per heavy atom. The first-order valence-corrected chi connectivity index (χ1v) is 7.82. The fraction of sp³-hybridized carbons (Fsp3) is 0.647. The molecule has 2 aliphatic rings. The molecule has 3 rings (SSSR count). The van der Waals surface area contributed by atoms with Crippen molar-refractivity contribution in [3.8, 4) is 5.75 Å². The Morgan fingerprint density at radius 1 is 1.15 bits per heavy atom. The van der Waals surface area contributed by atoms with E-state index in [2.05, 4.69) is 24.0 Å². The van der Waals surface area contributed by atoms with Crippen LogP contribution in [0.3, 0.4) is 0 Å². The summed E-state index contributed by atoms with van der Waals surface area (Å²) in [6.07, 6.45) is 4.28. The zero-order valence-electron chi connectivity index (χ0n) is 12.6. The number of nitrogens with two attached hydrogens (primary N) is 1. The van der Waals surface area contributed by atoms with Crippen LogP contribution >= 0.6 is 0 Å².